The Hall–Kier alpha value is 0.976. The van der Waals surface area contributed by atoms with E-state index in [1.54, 1.807) is 8.87 Å². The van der Waals surface area contributed by atoms with Crippen LogP contribution in [0, 0.1) is 0 Å². The monoisotopic (exact) mass is 296 g/mol. The Balaban J connectivity index is 3.40. The Morgan fingerprint density at radius 2 is 1.58 bits per heavy atom. The summed E-state index contributed by atoms with van der Waals surface area (Å²) >= 11 is -1.02. The molecule has 0 spiro atoms. The van der Waals surface area contributed by atoms with Crippen molar-refractivity contribution in [1.82, 2.24) is 0 Å². The van der Waals surface area contributed by atoms with Gasteiger partial charge < -0.3 is 0 Å². The fourth-order valence-electron chi connectivity index (χ4n) is 1.53. The molecule has 0 fully saturated rings. The first-order valence-corrected chi connectivity index (χ1v) is 18.4. The second-order valence-corrected chi connectivity index (χ2v) is 23.4. The molecule has 0 aliphatic carbocycles. The van der Waals surface area contributed by atoms with Crippen molar-refractivity contribution in [3.05, 3.63) is 0 Å². The van der Waals surface area contributed by atoms with Gasteiger partial charge in [0.05, 0.1) is 0 Å². The zero-order valence-corrected chi connectivity index (χ0v) is 13.6. The molecule has 0 bridgehead atoms. The van der Waals surface area contributed by atoms with Crippen molar-refractivity contribution < 1.29 is 4.43 Å². The average Bonchev–Trinajstić information content (AvgIpc) is 2.10. The number of hydrogen-bond donors (Lipinski definition) is 0. The summed E-state index contributed by atoms with van der Waals surface area (Å²) in [6.45, 7) is 4.61. The van der Waals surface area contributed by atoms with Gasteiger partial charge in [0.1, 0.15) is 0 Å². The molecule has 0 aliphatic rings. The first kappa shape index (κ1) is 13.0. The van der Waals surface area contributed by atoms with E-state index in [0.717, 1.165) is 0 Å². The summed E-state index contributed by atoms with van der Waals surface area (Å²) in [4.78, 5) is 0. The average molecular weight is 295 g/mol. The normalized spacial score (nSPS) is 12.0. The van der Waals surface area contributed by atoms with E-state index in [0.29, 0.717) is 0 Å². The van der Waals surface area contributed by atoms with E-state index in [1.807, 2.05) is 7.11 Å². The molecule has 1 nitrogen and oxygen atoms in total. The third kappa shape index (κ3) is 7.62. The van der Waals surface area contributed by atoms with Gasteiger partial charge in [0.2, 0.25) is 0 Å². The van der Waals surface area contributed by atoms with E-state index >= 15 is 0 Å². The summed E-state index contributed by atoms with van der Waals surface area (Å²) in [6.07, 6.45) is 5.75. The van der Waals surface area contributed by atoms with Crippen LogP contribution < -0.4 is 0 Å². The van der Waals surface area contributed by atoms with Crippen molar-refractivity contribution in [2.45, 2.75) is 48.4 Å². The number of unbranched alkanes of at least 4 members (excludes halogenated alkanes) is 2. The summed E-state index contributed by atoms with van der Waals surface area (Å²) < 4.78 is 8.68. The quantitative estimate of drug-likeness (QED) is 0.623. The first-order chi connectivity index (χ1) is 5.85. The van der Waals surface area contributed by atoms with E-state index in [-0.39, 0.29) is 7.27 Å². The van der Waals surface area contributed by atoms with E-state index in [1.165, 1.54) is 25.7 Å². The maximum absolute atomic E-state index is 5.43. The standard InChI is InChI=1S/2C4H9.CH5OSi.Sn.H/c2*1-3-4-2;1-2-3;;/h2*1,3-4H2,2H3;3H2,1H3;;. The van der Waals surface area contributed by atoms with E-state index in [4.69, 9.17) is 4.43 Å². The van der Waals surface area contributed by atoms with E-state index < -0.39 is 19.0 Å². The molecule has 0 aliphatic heterocycles. The zero-order chi connectivity index (χ0) is 9.23. The van der Waals surface area contributed by atoms with Crippen LogP contribution in [0.1, 0.15) is 39.5 Å². The molecule has 74 valence electrons. The third-order valence-electron chi connectivity index (χ3n) is 2.33. The summed E-state index contributed by atoms with van der Waals surface area (Å²) in [7, 11) is 1.93. The summed E-state index contributed by atoms with van der Waals surface area (Å²) in [5, 5.41) is 0. The second-order valence-electron chi connectivity index (χ2n) is 3.61. The predicted octanol–water partition coefficient (Wildman–Crippen LogP) is 2.04. The van der Waals surface area contributed by atoms with Crippen molar-refractivity contribution in [2.75, 3.05) is 7.11 Å². The number of hydrogen-bond acceptors (Lipinski definition) is 1. The number of rotatable bonds is 8. The van der Waals surface area contributed by atoms with Crippen molar-refractivity contribution in [3.63, 3.8) is 0 Å². The van der Waals surface area contributed by atoms with Crippen LogP contribution in [-0.4, -0.2) is 33.3 Å². The molecule has 0 amide bonds. The van der Waals surface area contributed by atoms with Crippen molar-refractivity contribution in [2.24, 2.45) is 0 Å². The minimum atomic E-state index is -1.02. The third-order valence-corrected chi connectivity index (χ3v) is 22.5. The molecular formula is C9H24OSiSn. The van der Waals surface area contributed by atoms with Gasteiger partial charge >= 0.3 is 86.2 Å². The van der Waals surface area contributed by atoms with Gasteiger partial charge in [-0.1, -0.05) is 0 Å². The molecule has 0 saturated carbocycles. The van der Waals surface area contributed by atoms with Crippen molar-refractivity contribution >= 4 is 26.2 Å². The summed E-state index contributed by atoms with van der Waals surface area (Å²) in [5.41, 5.74) is 0. The van der Waals surface area contributed by atoms with Gasteiger partial charge in [0, 0.05) is 0 Å². The first-order valence-electron chi connectivity index (χ1n) is 5.34. The SMILES string of the molecule is CCC[CH2][SnH]([CH2]CCC)[SiH2]OC. The molecule has 0 unspecified atom stereocenters. The zero-order valence-electron chi connectivity index (χ0n) is 8.94. The molecule has 3 heteroatoms. The van der Waals surface area contributed by atoms with Gasteiger partial charge in [-0.15, -0.1) is 0 Å². The Kier molecular flexibility index (Phi) is 10.9. The van der Waals surface area contributed by atoms with Gasteiger partial charge in [-0.2, -0.15) is 0 Å². The van der Waals surface area contributed by atoms with Crippen LogP contribution >= 0.6 is 0 Å². The van der Waals surface area contributed by atoms with Crippen LogP contribution in [0.25, 0.3) is 0 Å². The van der Waals surface area contributed by atoms with Gasteiger partial charge in [0.25, 0.3) is 0 Å². The molecule has 0 radical (unpaired) electrons. The molecule has 0 rings (SSSR count). The van der Waals surface area contributed by atoms with Gasteiger partial charge in [-0.3, -0.25) is 0 Å². The van der Waals surface area contributed by atoms with Crippen molar-refractivity contribution in [3.8, 4) is 0 Å². The molecule has 0 aromatic heterocycles. The van der Waals surface area contributed by atoms with Crippen LogP contribution in [0.4, 0.5) is 0 Å². The summed E-state index contributed by atoms with van der Waals surface area (Å²) in [6, 6.07) is 0. The van der Waals surface area contributed by atoms with E-state index in [2.05, 4.69) is 13.8 Å². The molecule has 12 heavy (non-hydrogen) atoms. The fourth-order valence-corrected chi connectivity index (χ4v) is 19.6. The van der Waals surface area contributed by atoms with E-state index in [9.17, 15) is 0 Å². The summed E-state index contributed by atoms with van der Waals surface area (Å²) in [5.74, 6) is 0. The van der Waals surface area contributed by atoms with Gasteiger partial charge in [-0.25, -0.2) is 0 Å². The molecular weight excluding hydrogens is 271 g/mol. The Bertz CT molecular complexity index is 82.6. The molecule has 0 atom stereocenters. The van der Waals surface area contributed by atoms with Gasteiger partial charge in [-0.05, 0) is 0 Å². The Morgan fingerprint density at radius 1 is 1.08 bits per heavy atom. The molecule has 0 N–H and O–H groups in total. The predicted molar refractivity (Wildman–Crippen MR) is 62.1 cm³/mol. The van der Waals surface area contributed by atoms with Crippen LogP contribution in [0.15, 0.2) is 0 Å². The molecule has 0 heterocycles. The minimum absolute atomic E-state index is 0.00506. The van der Waals surface area contributed by atoms with Crippen LogP contribution in [0.2, 0.25) is 8.87 Å². The Morgan fingerprint density at radius 3 is 1.92 bits per heavy atom. The molecule has 0 saturated heterocycles. The van der Waals surface area contributed by atoms with Crippen LogP contribution in [-0.2, 0) is 4.43 Å². The molecule has 0 aromatic carbocycles. The van der Waals surface area contributed by atoms with Crippen LogP contribution in [0.3, 0.4) is 0 Å². The second kappa shape index (κ2) is 10.1. The van der Waals surface area contributed by atoms with Crippen LogP contribution in [0.5, 0.6) is 0 Å². The Labute approximate surface area is 86.0 Å². The molecule has 0 aromatic rings. The maximum atomic E-state index is 5.43. The fraction of sp³-hybridized carbons (Fsp3) is 1.00. The topological polar surface area (TPSA) is 9.23 Å². The van der Waals surface area contributed by atoms with Crippen molar-refractivity contribution in [1.29, 1.82) is 0 Å². The van der Waals surface area contributed by atoms with Gasteiger partial charge in [0.15, 0.2) is 0 Å².